The van der Waals surface area contributed by atoms with E-state index in [2.05, 4.69) is 9.97 Å². The van der Waals surface area contributed by atoms with Crippen LogP contribution in [0, 0.1) is 0 Å². The van der Waals surface area contributed by atoms with E-state index in [0.717, 1.165) is 0 Å². The molecule has 1 aromatic rings. The Labute approximate surface area is 82.2 Å². The Morgan fingerprint density at radius 1 is 1.62 bits per heavy atom. The van der Waals surface area contributed by atoms with Gasteiger partial charge in [-0.2, -0.15) is 0 Å². The molecule has 4 nitrogen and oxygen atoms in total. The lowest BCUT2D eigenvalue weighted by Gasteiger charge is -2.23. The van der Waals surface area contributed by atoms with Crippen LogP contribution < -0.4 is 4.90 Å². The van der Waals surface area contributed by atoms with Crippen LogP contribution in [0.25, 0.3) is 0 Å². The van der Waals surface area contributed by atoms with E-state index in [9.17, 15) is 0 Å². The lowest BCUT2D eigenvalue weighted by Crippen LogP contribution is -2.32. The molecule has 1 N–H and O–H groups in total. The number of aromatic nitrogens is 2. The first-order valence-electron chi connectivity index (χ1n) is 3.96. The van der Waals surface area contributed by atoms with Crippen molar-refractivity contribution in [3.05, 3.63) is 17.5 Å². The Balaban J connectivity index is 2.82. The molecule has 1 heterocycles. The average molecular weight is 202 g/mol. The van der Waals surface area contributed by atoms with Crippen LogP contribution in [0.3, 0.4) is 0 Å². The molecule has 0 amide bonds. The van der Waals surface area contributed by atoms with E-state index in [4.69, 9.17) is 16.7 Å². The van der Waals surface area contributed by atoms with Crippen molar-refractivity contribution in [2.24, 2.45) is 0 Å². The van der Waals surface area contributed by atoms with Crippen molar-refractivity contribution in [1.82, 2.24) is 9.97 Å². The Morgan fingerprint density at radius 2 is 2.31 bits per heavy atom. The monoisotopic (exact) mass is 201 g/mol. The van der Waals surface area contributed by atoms with Crippen molar-refractivity contribution >= 4 is 17.4 Å². The molecule has 0 aliphatic rings. The summed E-state index contributed by atoms with van der Waals surface area (Å²) in [6.45, 7) is 1.97. The van der Waals surface area contributed by atoms with Crippen molar-refractivity contribution in [3.8, 4) is 0 Å². The van der Waals surface area contributed by atoms with Crippen LogP contribution in [0.5, 0.6) is 0 Å². The summed E-state index contributed by atoms with van der Waals surface area (Å²) in [6, 6.07) is 0.00719. The first-order valence-corrected chi connectivity index (χ1v) is 4.34. The van der Waals surface area contributed by atoms with Crippen LogP contribution >= 0.6 is 11.6 Å². The zero-order valence-electron chi connectivity index (χ0n) is 7.61. The minimum atomic E-state index is 0.00719. The summed E-state index contributed by atoms with van der Waals surface area (Å²) in [5, 5.41) is 9.27. The fourth-order valence-electron chi connectivity index (χ4n) is 0.851. The van der Waals surface area contributed by atoms with Crippen molar-refractivity contribution in [2.75, 3.05) is 18.6 Å². The third-order valence-corrected chi connectivity index (χ3v) is 2.06. The second kappa shape index (κ2) is 4.39. The molecule has 0 saturated carbocycles. The lowest BCUT2D eigenvalue weighted by atomic mass is 10.3. The van der Waals surface area contributed by atoms with Crippen LogP contribution in [-0.4, -0.2) is 34.8 Å². The fourth-order valence-corrected chi connectivity index (χ4v) is 0.994. The van der Waals surface area contributed by atoms with E-state index in [-0.39, 0.29) is 12.6 Å². The van der Waals surface area contributed by atoms with Crippen molar-refractivity contribution in [3.63, 3.8) is 0 Å². The quantitative estimate of drug-likeness (QED) is 0.791. The largest absolute Gasteiger partial charge is 0.394 e. The van der Waals surface area contributed by atoms with Gasteiger partial charge in [-0.1, -0.05) is 11.6 Å². The van der Waals surface area contributed by atoms with E-state index in [1.165, 1.54) is 6.20 Å². The number of nitrogens with zero attached hydrogens (tertiary/aromatic N) is 3. The van der Waals surface area contributed by atoms with Gasteiger partial charge in [0, 0.05) is 7.05 Å². The smallest absolute Gasteiger partial charge is 0.149 e. The maximum atomic E-state index is 8.91. The summed E-state index contributed by atoms with van der Waals surface area (Å²) in [5.41, 5.74) is 0. The second-order valence-corrected chi connectivity index (χ2v) is 3.23. The van der Waals surface area contributed by atoms with Crippen LogP contribution in [0.15, 0.2) is 12.4 Å². The van der Waals surface area contributed by atoms with Crippen molar-refractivity contribution < 1.29 is 5.11 Å². The lowest BCUT2D eigenvalue weighted by molar-refractivity contribution is 0.269. The molecule has 0 spiro atoms. The minimum absolute atomic E-state index is 0.00719. The summed E-state index contributed by atoms with van der Waals surface area (Å²) >= 11 is 5.67. The molecular formula is C8H12ClN3O. The maximum absolute atomic E-state index is 8.91. The van der Waals surface area contributed by atoms with Gasteiger partial charge in [0.05, 0.1) is 25.0 Å². The third kappa shape index (κ3) is 2.54. The number of halogens is 1. The molecule has 0 aliphatic carbocycles. The zero-order chi connectivity index (χ0) is 9.84. The zero-order valence-corrected chi connectivity index (χ0v) is 8.36. The summed E-state index contributed by atoms with van der Waals surface area (Å²) in [7, 11) is 1.83. The standard InChI is InChI=1S/C8H12ClN3O/c1-6(5-13)12(2)8-4-10-3-7(9)11-8/h3-4,6,13H,5H2,1-2H3. The highest BCUT2D eigenvalue weighted by Crippen LogP contribution is 2.12. The van der Waals surface area contributed by atoms with Crippen LogP contribution in [0.2, 0.25) is 5.15 Å². The maximum Gasteiger partial charge on any atom is 0.149 e. The molecule has 72 valence electrons. The summed E-state index contributed by atoms with van der Waals surface area (Å²) in [6.07, 6.45) is 3.08. The van der Waals surface area contributed by atoms with Gasteiger partial charge in [0.15, 0.2) is 0 Å². The molecule has 1 unspecified atom stereocenters. The van der Waals surface area contributed by atoms with Gasteiger partial charge in [-0.25, -0.2) is 4.98 Å². The highest BCUT2D eigenvalue weighted by molar-refractivity contribution is 6.29. The van der Waals surface area contributed by atoms with E-state index in [0.29, 0.717) is 11.0 Å². The van der Waals surface area contributed by atoms with Gasteiger partial charge >= 0.3 is 0 Å². The van der Waals surface area contributed by atoms with Crippen LogP contribution in [0.1, 0.15) is 6.92 Å². The van der Waals surface area contributed by atoms with Gasteiger partial charge < -0.3 is 10.0 Å². The van der Waals surface area contributed by atoms with Gasteiger partial charge in [-0.3, -0.25) is 4.98 Å². The topological polar surface area (TPSA) is 49.2 Å². The van der Waals surface area contributed by atoms with Crippen molar-refractivity contribution in [2.45, 2.75) is 13.0 Å². The average Bonchev–Trinajstić information content (AvgIpc) is 2.15. The summed E-state index contributed by atoms with van der Waals surface area (Å²) in [5.74, 6) is 0.661. The summed E-state index contributed by atoms with van der Waals surface area (Å²) in [4.78, 5) is 9.78. The Bertz CT molecular complexity index is 282. The molecule has 13 heavy (non-hydrogen) atoms. The molecular weight excluding hydrogens is 190 g/mol. The van der Waals surface area contributed by atoms with Gasteiger partial charge in [-0.15, -0.1) is 0 Å². The molecule has 1 rings (SSSR count). The van der Waals surface area contributed by atoms with Gasteiger partial charge in [0.25, 0.3) is 0 Å². The third-order valence-electron chi connectivity index (χ3n) is 1.88. The molecule has 0 saturated heterocycles. The highest BCUT2D eigenvalue weighted by Gasteiger charge is 2.10. The van der Waals surface area contributed by atoms with E-state index in [1.807, 2.05) is 18.9 Å². The van der Waals surface area contributed by atoms with Crippen molar-refractivity contribution in [1.29, 1.82) is 0 Å². The predicted octanol–water partition coefficient (Wildman–Crippen LogP) is 0.947. The predicted molar refractivity (Wildman–Crippen MR) is 52.0 cm³/mol. The first-order chi connectivity index (χ1) is 6.15. The number of anilines is 1. The summed E-state index contributed by atoms with van der Waals surface area (Å²) < 4.78 is 0. The Morgan fingerprint density at radius 3 is 2.85 bits per heavy atom. The molecule has 5 heteroatoms. The van der Waals surface area contributed by atoms with Gasteiger partial charge in [0.1, 0.15) is 11.0 Å². The van der Waals surface area contributed by atoms with Crippen LogP contribution in [-0.2, 0) is 0 Å². The van der Waals surface area contributed by atoms with E-state index < -0.39 is 0 Å². The molecule has 0 aliphatic heterocycles. The van der Waals surface area contributed by atoms with Crippen LogP contribution in [0.4, 0.5) is 5.82 Å². The fraction of sp³-hybridized carbons (Fsp3) is 0.500. The molecule has 1 atom stereocenters. The molecule has 0 bridgehead atoms. The van der Waals surface area contributed by atoms with E-state index in [1.54, 1.807) is 6.20 Å². The number of hydrogen-bond acceptors (Lipinski definition) is 4. The van der Waals surface area contributed by atoms with Gasteiger partial charge in [0.2, 0.25) is 0 Å². The minimum Gasteiger partial charge on any atom is -0.394 e. The first kappa shape index (κ1) is 10.2. The Hall–Kier alpha value is -0.870. The SMILES string of the molecule is CC(CO)N(C)c1cncc(Cl)n1. The second-order valence-electron chi connectivity index (χ2n) is 2.84. The molecule has 0 aromatic carbocycles. The highest BCUT2D eigenvalue weighted by atomic mass is 35.5. The number of aliphatic hydroxyl groups is 1. The number of rotatable bonds is 3. The normalized spacial score (nSPS) is 12.6. The number of aliphatic hydroxyl groups excluding tert-OH is 1. The number of likely N-dealkylation sites (N-methyl/N-ethyl adjacent to an activating group) is 1. The molecule has 0 fully saturated rings. The molecule has 0 radical (unpaired) electrons. The Kier molecular flexibility index (Phi) is 3.45. The number of hydrogen-bond donors (Lipinski definition) is 1. The van der Waals surface area contributed by atoms with E-state index >= 15 is 0 Å². The molecule has 1 aromatic heterocycles. The van der Waals surface area contributed by atoms with Gasteiger partial charge in [-0.05, 0) is 6.92 Å².